The fraction of sp³-hybridized carbons (Fsp3) is 0.278. The van der Waals surface area contributed by atoms with Crippen LogP contribution in [-0.4, -0.2) is 11.3 Å². The number of hydrogen-bond acceptors (Lipinski definition) is 2. The van der Waals surface area contributed by atoms with Gasteiger partial charge < -0.3 is 10.5 Å². The second-order valence-corrected chi connectivity index (χ2v) is 4.68. The summed E-state index contributed by atoms with van der Waals surface area (Å²) < 4.78 is 0. The molecule has 2 N–H and O–H groups in total. The molecule has 0 amide bonds. The average Bonchev–Trinajstić information content (AvgIpc) is 2.41. The van der Waals surface area contributed by atoms with E-state index in [4.69, 9.17) is 5.41 Å². The zero-order valence-electron chi connectivity index (χ0n) is 12.9. The highest BCUT2D eigenvalue weighted by molar-refractivity contribution is 5.75. The maximum atomic E-state index is 9.97. The predicted octanol–water partition coefficient (Wildman–Crippen LogP) is 5.44. The normalized spacial score (nSPS) is 13.5. The molecule has 0 unspecified atom stereocenters. The van der Waals surface area contributed by atoms with Crippen LogP contribution >= 0.6 is 0 Å². The number of rotatable bonds is 7. The molecule has 0 heterocycles. The third kappa shape index (κ3) is 6.74. The van der Waals surface area contributed by atoms with E-state index in [-0.39, 0.29) is 5.76 Å². The van der Waals surface area contributed by atoms with Gasteiger partial charge in [-0.2, -0.15) is 0 Å². The van der Waals surface area contributed by atoms with E-state index >= 15 is 0 Å². The smallest absolute Gasteiger partial charge is 0.116 e. The number of aliphatic hydroxyl groups excluding tert-OH is 1. The molecule has 2 heteroatoms. The first-order valence-corrected chi connectivity index (χ1v) is 6.71. The summed E-state index contributed by atoms with van der Waals surface area (Å²) in [6, 6.07) is 0. The molecule has 0 aromatic rings. The molecular weight excluding hydrogens is 246 g/mol. The van der Waals surface area contributed by atoms with Gasteiger partial charge in [0.2, 0.25) is 0 Å². The van der Waals surface area contributed by atoms with Crippen LogP contribution in [0.1, 0.15) is 34.1 Å². The van der Waals surface area contributed by atoms with Crippen molar-refractivity contribution in [2.45, 2.75) is 34.1 Å². The fourth-order valence-corrected chi connectivity index (χ4v) is 1.67. The Morgan fingerprint density at radius 1 is 1.15 bits per heavy atom. The number of hydrogen-bond donors (Lipinski definition) is 2. The quantitative estimate of drug-likeness (QED) is 0.361. The Labute approximate surface area is 122 Å². The molecule has 0 spiro atoms. The monoisotopic (exact) mass is 271 g/mol. The van der Waals surface area contributed by atoms with Gasteiger partial charge in [-0.25, -0.2) is 0 Å². The molecule has 0 radical (unpaired) electrons. The maximum absolute atomic E-state index is 9.97. The van der Waals surface area contributed by atoms with Gasteiger partial charge in [-0.1, -0.05) is 43.4 Å². The summed E-state index contributed by atoms with van der Waals surface area (Å²) in [5, 5.41) is 17.1. The molecule has 0 bridgehead atoms. The van der Waals surface area contributed by atoms with Crippen LogP contribution in [0.2, 0.25) is 0 Å². The highest BCUT2D eigenvalue weighted by atomic mass is 16.3. The van der Waals surface area contributed by atoms with Crippen LogP contribution in [0.15, 0.2) is 71.1 Å². The third-order valence-electron chi connectivity index (χ3n) is 2.71. The molecule has 0 aliphatic rings. The van der Waals surface area contributed by atoms with Gasteiger partial charge in [0.1, 0.15) is 5.76 Å². The summed E-state index contributed by atoms with van der Waals surface area (Å²) >= 11 is 0. The second kappa shape index (κ2) is 9.79. The first kappa shape index (κ1) is 17.9. The highest BCUT2D eigenvalue weighted by Gasteiger charge is 2.03. The van der Waals surface area contributed by atoms with Crippen molar-refractivity contribution in [3.63, 3.8) is 0 Å². The van der Waals surface area contributed by atoms with Crippen molar-refractivity contribution in [2.75, 3.05) is 0 Å². The van der Waals surface area contributed by atoms with Gasteiger partial charge in [0.05, 0.1) is 0 Å². The van der Waals surface area contributed by atoms with Gasteiger partial charge in [-0.15, -0.1) is 0 Å². The molecule has 0 aliphatic heterocycles. The lowest BCUT2D eigenvalue weighted by molar-refractivity contribution is 0.431. The topological polar surface area (TPSA) is 44.1 Å². The molecule has 0 saturated heterocycles. The molecule has 0 atom stereocenters. The minimum absolute atomic E-state index is 0.161. The summed E-state index contributed by atoms with van der Waals surface area (Å²) in [5.74, 6) is 0.161. The van der Waals surface area contributed by atoms with Crippen molar-refractivity contribution in [2.24, 2.45) is 0 Å². The zero-order valence-corrected chi connectivity index (χ0v) is 12.9. The van der Waals surface area contributed by atoms with Crippen LogP contribution in [0.3, 0.4) is 0 Å². The molecule has 0 fully saturated rings. The lowest BCUT2D eigenvalue weighted by atomic mass is 9.97. The second-order valence-electron chi connectivity index (χ2n) is 4.68. The lowest BCUT2D eigenvalue weighted by Crippen LogP contribution is -1.91. The molecule has 2 nitrogen and oxygen atoms in total. The molecule has 20 heavy (non-hydrogen) atoms. The Bertz CT molecular complexity index is 496. The molecule has 0 aromatic carbocycles. The van der Waals surface area contributed by atoms with Crippen molar-refractivity contribution in [1.82, 2.24) is 0 Å². The van der Waals surface area contributed by atoms with Crippen molar-refractivity contribution in [3.05, 3.63) is 71.1 Å². The molecule has 0 aliphatic carbocycles. The zero-order chi connectivity index (χ0) is 15.5. The fourth-order valence-electron chi connectivity index (χ4n) is 1.67. The van der Waals surface area contributed by atoms with E-state index < -0.39 is 0 Å². The minimum Gasteiger partial charge on any atom is -0.508 e. The van der Waals surface area contributed by atoms with Gasteiger partial charge in [-0.3, -0.25) is 0 Å². The third-order valence-corrected chi connectivity index (χ3v) is 2.71. The van der Waals surface area contributed by atoms with Gasteiger partial charge in [0, 0.05) is 6.21 Å². The lowest BCUT2D eigenvalue weighted by Gasteiger charge is -2.09. The average molecular weight is 271 g/mol. The molecule has 0 aromatic heterocycles. The summed E-state index contributed by atoms with van der Waals surface area (Å²) in [7, 11) is 0. The van der Waals surface area contributed by atoms with Gasteiger partial charge >= 0.3 is 0 Å². The van der Waals surface area contributed by atoms with Crippen molar-refractivity contribution in [1.29, 1.82) is 5.41 Å². The van der Waals surface area contributed by atoms with E-state index in [9.17, 15) is 5.11 Å². The van der Waals surface area contributed by atoms with Crippen LogP contribution in [0.25, 0.3) is 0 Å². The Morgan fingerprint density at radius 3 is 2.25 bits per heavy atom. The number of allylic oxidation sites excluding steroid dienone is 10. The van der Waals surface area contributed by atoms with E-state index in [1.54, 1.807) is 25.2 Å². The standard InChI is InChI=1S/C18H25NO/c1-6-8-9-10-16(7-2)18(14(3)4)12-17(20)11-15(5)13-19/h6,8-13,19-20H,1,7H2,2-5H3/b9-8-,15-11+,16-10+,17-12+,19-13?. The Kier molecular flexibility index (Phi) is 8.77. The molecule has 0 saturated carbocycles. The Hall–Kier alpha value is -2.09. The van der Waals surface area contributed by atoms with Gasteiger partial charge in [0.25, 0.3) is 0 Å². The highest BCUT2D eigenvalue weighted by Crippen LogP contribution is 2.21. The van der Waals surface area contributed by atoms with E-state index in [0.29, 0.717) is 5.57 Å². The van der Waals surface area contributed by atoms with E-state index in [1.807, 2.05) is 32.1 Å². The van der Waals surface area contributed by atoms with Gasteiger partial charge in [-0.05, 0) is 56.1 Å². The summed E-state index contributed by atoms with van der Waals surface area (Å²) in [6.07, 6.45) is 13.0. The summed E-state index contributed by atoms with van der Waals surface area (Å²) in [6.45, 7) is 11.6. The van der Waals surface area contributed by atoms with Crippen molar-refractivity contribution >= 4 is 6.21 Å². The van der Waals surface area contributed by atoms with Gasteiger partial charge in [0.15, 0.2) is 0 Å². The van der Waals surface area contributed by atoms with E-state index in [2.05, 4.69) is 13.5 Å². The van der Waals surface area contributed by atoms with Crippen LogP contribution < -0.4 is 0 Å². The largest absolute Gasteiger partial charge is 0.508 e. The van der Waals surface area contributed by atoms with Crippen LogP contribution in [-0.2, 0) is 0 Å². The first-order chi connectivity index (χ1) is 9.46. The SMILES string of the molecule is C=C/C=C\C=C(/CC)C(/C=C(O)\C=C(/C)C=N)=C(C)C. The van der Waals surface area contributed by atoms with Crippen LogP contribution in [0.4, 0.5) is 0 Å². The Morgan fingerprint density at radius 2 is 1.80 bits per heavy atom. The minimum atomic E-state index is 0.161. The summed E-state index contributed by atoms with van der Waals surface area (Å²) in [4.78, 5) is 0. The first-order valence-electron chi connectivity index (χ1n) is 6.71. The van der Waals surface area contributed by atoms with Crippen molar-refractivity contribution < 1.29 is 5.11 Å². The van der Waals surface area contributed by atoms with Crippen molar-refractivity contribution in [3.8, 4) is 0 Å². The number of aliphatic hydroxyl groups is 1. The van der Waals surface area contributed by atoms with E-state index in [1.165, 1.54) is 6.21 Å². The van der Waals surface area contributed by atoms with E-state index in [0.717, 1.165) is 23.1 Å². The summed E-state index contributed by atoms with van der Waals surface area (Å²) in [5.41, 5.74) is 4.02. The molecular formula is C18H25NO. The molecule has 108 valence electrons. The van der Waals surface area contributed by atoms with Crippen LogP contribution in [0.5, 0.6) is 0 Å². The maximum Gasteiger partial charge on any atom is 0.116 e. The predicted molar refractivity (Wildman–Crippen MR) is 89.3 cm³/mol. The molecule has 0 rings (SSSR count). The number of nitrogens with one attached hydrogen (secondary N) is 1. The van der Waals surface area contributed by atoms with Crippen LogP contribution in [0, 0.1) is 5.41 Å². The Balaban J connectivity index is 5.58.